The van der Waals surface area contributed by atoms with Crippen LogP contribution in [0.3, 0.4) is 0 Å². The van der Waals surface area contributed by atoms with Gasteiger partial charge in [0.05, 0.1) is 0 Å². The Morgan fingerprint density at radius 3 is 1.57 bits per heavy atom. The average Bonchev–Trinajstić information content (AvgIpc) is 2.60. The molecule has 2 rings (SSSR count). The van der Waals surface area contributed by atoms with Gasteiger partial charge in [0.25, 0.3) is 0 Å². The Morgan fingerprint density at radius 2 is 1.09 bits per heavy atom. The minimum absolute atomic E-state index is 0.436. The van der Waals surface area contributed by atoms with Crippen molar-refractivity contribution in [2.45, 2.75) is 45.4 Å². The van der Waals surface area contributed by atoms with Gasteiger partial charge in [-0.25, -0.2) is 0 Å². The molecule has 0 atom stereocenters. The number of rotatable bonds is 9. The molecule has 0 amide bonds. The zero-order valence-corrected chi connectivity index (χ0v) is 15.0. The van der Waals surface area contributed by atoms with Gasteiger partial charge in [-0.05, 0) is 0 Å². The molecule has 0 spiro atoms. The molecule has 0 aliphatic heterocycles. The standard InChI is InChI=1S/C20H29O2P/c1-2-3-4-5-6-13-18-23(21,22,19-14-9-7-10-15-19)20-16-11-8-12-17-20/h7-12,14-17,21-22H,2-6,13,18H2,1H3. The minimum atomic E-state index is -4.06. The van der Waals surface area contributed by atoms with Gasteiger partial charge in [0.2, 0.25) is 0 Å². The van der Waals surface area contributed by atoms with Crippen LogP contribution in [0, 0.1) is 0 Å². The maximum absolute atomic E-state index is 11.5. The summed E-state index contributed by atoms with van der Waals surface area (Å²) in [5.41, 5.74) is 0. The second kappa shape index (κ2) is 8.06. The average molecular weight is 332 g/mol. The first kappa shape index (κ1) is 18.1. The first-order chi connectivity index (χ1) is 11.1. The SMILES string of the molecule is CCCCCCCCP(O)(O)(c1ccccc1)c1ccccc1. The molecule has 126 valence electrons. The summed E-state index contributed by atoms with van der Waals surface area (Å²) in [5, 5.41) is 1.33. The second-order valence-corrected chi connectivity index (χ2v) is 10.2. The summed E-state index contributed by atoms with van der Waals surface area (Å²) < 4.78 is 0. The van der Waals surface area contributed by atoms with E-state index in [0.29, 0.717) is 16.8 Å². The molecule has 0 aromatic heterocycles. The van der Waals surface area contributed by atoms with Gasteiger partial charge in [0.15, 0.2) is 0 Å². The Hall–Kier alpha value is -1.21. The van der Waals surface area contributed by atoms with Crippen molar-refractivity contribution in [3.63, 3.8) is 0 Å². The van der Waals surface area contributed by atoms with Crippen LogP contribution >= 0.6 is 7.06 Å². The molecule has 0 aliphatic rings. The number of unbranched alkanes of at least 4 members (excludes halogenated alkanes) is 5. The molecule has 3 heteroatoms. The predicted octanol–water partition coefficient (Wildman–Crippen LogP) is 4.37. The number of hydrogen-bond acceptors (Lipinski definition) is 2. The van der Waals surface area contributed by atoms with Crippen LogP contribution in [0.25, 0.3) is 0 Å². The summed E-state index contributed by atoms with van der Waals surface area (Å²) >= 11 is 0. The second-order valence-electron chi connectivity index (χ2n) is 6.36. The van der Waals surface area contributed by atoms with Crippen molar-refractivity contribution in [2.75, 3.05) is 6.16 Å². The zero-order valence-electron chi connectivity index (χ0n) is 14.1. The topological polar surface area (TPSA) is 40.5 Å². The molecule has 0 saturated carbocycles. The molecule has 0 bridgehead atoms. The van der Waals surface area contributed by atoms with E-state index in [2.05, 4.69) is 6.92 Å². The molecule has 0 heterocycles. The summed E-state index contributed by atoms with van der Waals surface area (Å²) in [6.45, 7) is 2.21. The third-order valence-electron chi connectivity index (χ3n) is 4.53. The van der Waals surface area contributed by atoms with Crippen LogP contribution in [0.5, 0.6) is 0 Å². The first-order valence-electron chi connectivity index (χ1n) is 8.69. The molecule has 0 fully saturated rings. The van der Waals surface area contributed by atoms with Crippen molar-refractivity contribution >= 4 is 17.7 Å². The van der Waals surface area contributed by atoms with Gasteiger partial charge in [-0.3, -0.25) is 0 Å². The zero-order chi connectivity index (χ0) is 16.6. The van der Waals surface area contributed by atoms with E-state index in [1.54, 1.807) is 0 Å². The first-order valence-corrected chi connectivity index (χ1v) is 11.0. The van der Waals surface area contributed by atoms with E-state index in [1.165, 1.54) is 25.7 Å². The number of benzene rings is 2. The van der Waals surface area contributed by atoms with Crippen LogP contribution in [0.15, 0.2) is 60.7 Å². The van der Waals surface area contributed by atoms with Gasteiger partial charge < -0.3 is 0 Å². The molecule has 0 radical (unpaired) electrons. The Morgan fingerprint density at radius 1 is 0.652 bits per heavy atom. The maximum atomic E-state index is 11.5. The van der Waals surface area contributed by atoms with Crippen LogP contribution < -0.4 is 10.6 Å². The van der Waals surface area contributed by atoms with Gasteiger partial charge in [-0.15, -0.1) is 0 Å². The van der Waals surface area contributed by atoms with Crippen LogP contribution in [-0.4, -0.2) is 15.9 Å². The normalized spacial score (nSPS) is 13.4. The van der Waals surface area contributed by atoms with E-state index in [0.717, 1.165) is 12.8 Å². The molecule has 0 aliphatic carbocycles. The van der Waals surface area contributed by atoms with Gasteiger partial charge >= 0.3 is 140 Å². The molecule has 2 aromatic rings. The van der Waals surface area contributed by atoms with Crippen molar-refractivity contribution in [1.82, 2.24) is 0 Å². The molecule has 23 heavy (non-hydrogen) atoms. The number of hydrogen-bond donors (Lipinski definition) is 2. The fraction of sp³-hybridized carbons (Fsp3) is 0.400. The third-order valence-corrected chi connectivity index (χ3v) is 8.46. The Balaban J connectivity index is 2.19. The van der Waals surface area contributed by atoms with E-state index in [4.69, 9.17) is 0 Å². The quantitative estimate of drug-likeness (QED) is 0.529. The predicted molar refractivity (Wildman–Crippen MR) is 102 cm³/mol. The third kappa shape index (κ3) is 4.41. The summed E-state index contributed by atoms with van der Waals surface area (Å²) in [7, 11) is -4.06. The molecule has 2 N–H and O–H groups in total. The van der Waals surface area contributed by atoms with E-state index in [1.807, 2.05) is 60.7 Å². The Bertz CT molecular complexity index is 538. The van der Waals surface area contributed by atoms with Crippen LogP contribution in [0.2, 0.25) is 0 Å². The molecule has 0 saturated heterocycles. The van der Waals surface area contributed by atoms with E-state index < -0.39 is 7.06 Å². The molecular weight excluding hydrogens is 303 g/mol. The van der Waals surface area contributed by atoms with Gasteiger partial charge in [0.1, 0.15) is 0 Å². The van der Waals surface area contributed by atoms with Crippen molar-refractivity contribution in [3.05, 3.63) is 60.7 Å². The fourth-order valence-electron chi connectivity index (χ4n) is 3.08. The van der Waals surface area contributed by atoms with E-state index in [-0.39, 0.29) is 0 Å². The molecule has 2 aromatic carbocycles. The van der Waals surface area contributed by atoms with E-state index in [9.17, 15) is 9.79 Å². The fourth-order valence-corrected chi connectivity index (χ4v) is 6.32. The van der Waals surface area contributed by atoms with Crippen molar-refractivity contribution in [3.8, 4) is 0 Å². The monoisotopic (exact) mass is 332 g/mol. The van der Waals surface area contributed by atoms with Crippen molar-refractivity contribution in [2.24, 2.45) is 0 Å². The summed E-state index contributed by atoms with van der Waals surface area (Å²) in [4.78, 5) is 23.0. The molecular formula is C20H29O2P. The molecule has 2 nitrogen and oxygen atoms in total. The Labute approximate surface area is 140 Å². The van der Waals surface area contributed by atoms with Gasteiger partial charge in [-0.2, -0.15) is 0 Å². The van der Waals surface area contributed by atoms with Crippen molar-refractivity contribution < 1.29 is 9.79 Å². The van der Waals surface area contributed by atoms with Crippen LogP contribution in [0.1, 0.15) is 45.4 Å². The summed E-state index contributed by atoms with van der Waals surface area (Å²) in [6, 6.07) is 18.8. The van der Waals surface area contributed by atoms with Gasteiger partial charge in [0, 0.05) is 0 Å². The van der Waals surface area contributed by atoms with Crippen LogP contribution in [0.4, 0.5) is 0 Å². The molecule has 0 unspecified atom stereocenters. The Kier molecular flexibility index (Phi) is 6.35. The van der Waals surface area contributed by atoms with Crippen LogP contribution in [-0.2, 0) is 0 Å². The van der Waals surface area contributed by atoms with Crippen molar-refractivity contribution in [1.29, 1.82) is 0 Å². The van der Waals surface area contributed by atoms with Gasteiger partial charge in [-0.1, -0.05) is 0 Å². The summed E-state index contributed by atoms with van der Waals surface area (Å²) in [5.74, 6) is 0. The van der Waals surface area contributed by atoms with E-state index >= 15 is 0 Å². The summed E-state index contributed by atoms with van der Waals surface area (Å²) in [6.07, 6.45) is 7.24.